The molecule has 0 aromatic heterocycles. The van der Waals surface area contributed by atoms with Gasteiger partial charge < -0.3 is 10.4 Å². The smallest absolute Gasteiger partial charge is 0.0528 e. The Kier molecular flexibility index (Phi) is 3.96. The van der Waals surface area contributed by atoms with Crippen LogP contribution in [0.25, 0.3) is 0 Å². The predicted octanol–water partition coefficient (Wildman–Crippen LogP) is 2.49. The molecule has 0 aliphatic rings. The second-order valence-electron chi connectivity index (χ2n) is 3.86. The summed E-state index contributed by atoms with van der Waals surface area (Å²) in [6.07, 6.45) is 0.557. The molecule has 1 aromatic rings. The van der Waals surface area contributed by atoms with E-state index in [4.69, 9.17) is 5.11 Å². The Balaban J connectivity index is 2.47. The Labute approximate surface area is 86.0 Å². The molecule has 1 rings (SSSR count). The monoisotopic (exact) mass is 193 g/mol. The molecule has 2 heteroatoms. The van der Waals surface area contributed by atoms with Crippen LogP contribution in [0, 0.1) is 13.8 Å². The third kappa shape index (κ3) is 3.38. The van der Waals surface area contributed by atoms with Crippen LogP contribution in [0.5, 0.6) is 0 Å². The number of aryl methyl sites for hydroxylation is 2. The molecule has 1 aromatic carbocycles. The standard InChI is InChI=1S/C12H19NO/c1-9-4-5-12(8-10(9)2)13-7-6-11(3)14/h4-5,8,11,13-14H,6-7H2,1-3H3. The van der Waals surface area contributed by atoms with Crippen molar-refractivity contribution in [3.05, 3.63) is 29.3 Å². The van der Waals surface area contributed by atoms with Crippen molar-refractivity contribution in [1.82, 2.24) is 0 Å². The number of hydrogen-bond donors (Lipinski definition) is 2. The molecule has 0 bridgehead atoms. The largest absolute Gasteiger partial charge is 0.393 e. The Bertz CT molecular complexity index is 294. The van der Waals surface area contributed by atoms with Crippen molar-refractivity contribution in [2.75, 3.05) is 11.9 Å². The van der Waals surface area contributed by atoms with E-state index in [1.54, 1.807) is 0 Å². The van der Waals surface area contributed by atoms with Crippen molar-refractivity contribution in [1.29, 1.82) is 0 Å². The van der Waals surface area contributed by atoms with Crippen molar-refractivity contribution < 1.29 is 5.11 Å². The number of aliphatic hydroxyl groups excluding tert-OH is 1. The number of benzene rings is 1. The average molecular weight is 193 g/mol. The zero-order chi connectivity index (χ0) is 10.6. The van der Waals surface area contributed by atoms with Crippen molar-refractivity contribution in [2.45, 2.75) is 33.3 Å². The second-order valence-corrected chi connectivity index (χ2v) is 3.86. The fraction of sp³-hybridized carbons (Fsp3) is 0.500. The molecule has 0 amide bonds. The minimum Gasteiger partial charge on any atom is -0.393 e. The van der Waals surface area contributed by atoms with Gasteiger partial charge in [-0.3, -0.25) is 0 Å². The van der Waals surface area contributed by atoms with Gasteiger partial charge in [-0.05, 0) is 50.5 Å². The summed E-state index contributed by atoms with van der Waals surface area (Å²) >= 11 is 0. The first kappa shape index (κ1) is 11.1. The molecule has 2 nitrogen and oxygen atoms in total. The van der Waals surface area contributed by atoms with E-state index in [1.165, 1.54) is 11.1 Å². The normalized spacial score (nSPS) is 12.6. The van der Waals surface area contributed by atoms with Crippen LogP contribution in [0.4, 0.5) is 5.69 Å². The zero-order valence-corrected chi connectivity index (χ0v) is 9.17. The minimum absolute atomic E-state index is 0.228. The summed E-state index contributed by atoms with van der Waals surface area (Å²) in [6.45, 7) is 6.84. The maximum Gasteiger partial charge on any atom is 0.0528 e. The third-order valence-electron chi connectivity index (χ3n) is 2.40. The van der Waals surface area contributed by atoms with Crippen LogP contribution in [0.1, 0.15) is 24.5 Å². The first-order chi connectivity index (χ1) is 6.59. The van der Waals surface area contributed by atoms with Crippen LogP contribution in [0.3, 0.4) is 0 Å². The molecule has 1 atom stereocenters. The van der Waals surface area contributed by atoms with Gasteiger partial charge in [0.1, 0.15) is 0 Å². The maximum absolute atomic E-state index is 9.09. The van der Waals surface area contributed by atoms with Gasteiger partial charge >= 0.3 is 0 Å². The van der Waals surface area contributed by atoms with Gasteiger partial charge in [-0.25, -0.2) is 0 Å². The summed E-state index contributed by atoms with van der Waals surface area (Å²) in [5.74, 6) is 0. The fourth-order valence-corrected chi connectivity index (χ4v) is 1.28. The van der Waals surface area contributed by atoms with E-state index >= 15 is 0 Å². The van der Waals surface area contributed by atoms with Crippen molar-refractivity contribution in [3.63, 3.8) is 0 Å². The lowest BCUT2D eigenvalue weighted by molar-refractivity contribution is 0.189. The molecule has 2 N–H and O–H groups in total. The van der Waals surface area contributed by atoms with E-state index in [2.05, 4.69) is 37.4 Å². The van der Waals surface area contributed by atoms with Gasteiger partial charge in [0.25, 0.3) is 0 Å². The molecule has 0 aliphatic heterocycles. The lowest BCUT2D eigenvalue weighted by atomic mass is 10.1. The van der Waals surface area contributed by atoms with E-state index in [-0.39, 0.29) is 6.10 Å². The van der Waals surface area contributed by atoms with E-state index in [9.17, 15) is 0 Å². The summed E-state index contributed by atoms with van der Waals surface area (Å²) in [5.41, 5.74) is 3.74. The summed E-state index contributed by atoms with van der Waals surface area (Å²) < 4.78 is 0. The quantitative estimate of drug-likeness (QED) is 0.770. The predicted molar refractivity (Wildman–Crippen MR) is 60.7 cm³/mol. The van der Waals surface area contributed by atoms with Crippen LogP contribution in [0.2, 0.25) is 0 Å². The maximum atomic E-state index is 9.09. The molecular weight excluding hydrogens is 174 g/mol. The molecule has 0 heterocycles. The SMILES string of the molecule is Cc1ccc(NCCC(C)O)cc1C. The Morgan fingerprint density at radius 1 is 1.29 bits per heavy atom. The van der Waals surface area contributed by atoms with Crippen LogP contribution in [-0.4, -0.2) is 17.8 Å². The minimum atomic E-state index is -0.228. The van der Waals surface area contributed by atoms with Crippen molar-refractivity contribution in [2.24, 2.45) is 0 Å². The van der Waals surface area contributed by atoms with Crippen molar-refractivity contribution in [3.8, 4) is 0 Å². The Morgan fingerprint density at radius 3 is 2.57 bits per heavy atom. The van der Waals surface area contributed by atoms with Gasteiger partial charge in [0.05, 0.1) is 6.10 Å². The highest BCUT2D eigenvalue weighted by Gasteiger charge is 1.97. The fourth-order valence-electron chi connectivity index (χ4n) is 1.28. The Hall–Kier alpha value is -1.02. The molecule has 1 unspecified atom stereocenters. The van der Waals surface area contributed by atoms with Crippen LogP contribution in [-0.2, 0) is 0 Å². The van der Waals surface area contributed by atoms with Crippen molar-refractivity contribution >= 4 is 5.69 Å². The summed E-state index contributed by atoms with van der Waals surface area (Å²) in [7, 11) is 0. The Morgan fingerprint density at radius 2 is 2.00 bits per heavy atom. The van der Waals surface area contributed by atoms with Gasteiger partial charge in [-0.2, -0.15) is 0 Å². The topological polar surface area (TPSA) is 32.3 Å². The lowest BCUT2D eigenvalue weighted by Gasteiger charge is -2.09. The molecule has 0 spiro atoms. The molecule has 78 valence electrons. The number of nitrogens with one attached hydrogen (secondary N) is 1. The van der Waals surface area contributed by atoms with E-state index in [0.717, 1.165) is 18.7 Å². The van der Waals surface area contributed by atoms with Gasteiger partial charge in [-0.1, -0.05) is 6.07 Å². The summed E-state index contributed by atoms with van der Waals surface area (Å²) in [4.78, 5) is 0. The van der Waals surface area contributed by atoms with E-state index in [1.807, 2.05) is 6.92 Å². The molecule has 14 heavy (non-hydrogen) atoms. The van der Waals surface area contributed by atoms with E-state index in [0.29, 0.717) is 0 Å². The average Bonchev–Trinajstić information content (AvgIpc) is 2.10. The highest BCUT2D eigenvalue weighted by molar-refractivity contribution is 5.47. The van der Waals surface area contributed by atoms with E-state index < -0.39 is 0 Å². The van der Waals surface area contributed by atoms with Crippen LogP contribution < -0.4 is 5.32 Å². The molecule has 0 aliphatic carbocycles. The zero-order valence-electron chi connectivity index (χ0n) is 9.17. The number of anilines is 1. The summed E-state index contributed by atoms with van der Waals surface area (Å²) in [6, 6.07) is 6.32. The molecular formula is C12H19NO. The molecule has 0 saturated heterocycles. The highest BCUT2D eigenvalue weighted by Crippen LogP contribution is 2.13. The lowest BCUT2D eigenvalue weighted by Crippen LogP contribution is -2.09. The first-order valence-corrected chi connectivity index (χ1v) is 5.09. The van der Waals surface area contributed by atoms with Crippen LogP contribution >= 0.6 is 0 Å². The second kappa shape index (κ2) is 5.01. The molecule has 0 radical (unpaired) electrons. The van der Waals surface area contributed by atoms with Gasteiger partial charge in [0.2, 0.25) is 0 Å². The van der Waals surface area contributed by atoms with Crippen LogP contribution in [0.15, 0.2) is 18.2 Å². The number of hydrogen-bond acceptors (Lipinski definition) is 2. The van der Waals surface area contributed by atoms with Gasteiger partial charge in [0, 0.05) is 12.2 Å². The third-order valence-corrected chi connectivity index (χ3v) is 2.40. The highest BCUT2D eigenvalue weighted by atomic mass is 16.3. The number of aliphatic hydroxyl groups is 1. The number of rotatable bonds is 4. The first-order valence-electron chi connectivity index (χ1n) is 5.09. The molecule has 0 saturated carbocycles. The van der Waals surface area contributed by atoms with Gasteiger partial charge in [-0.15, -0.1) is 0 Å². The summed E-state index contributed by atoms with van der Waals surface area (Å²) in [5, 5.41) is 12.4. The molecule has 0 fully saturated rings. The van der Waals surface area contributed by atoms with Gasteiger partial charge in [0.15, 0.2) is 0 Å².